The Bertz CT molecular complexity index is 1300. The van der Waals surface area contributed by atoms with E-state index < -0.39 is 5.63 Å². The van der Waals surface area contributed by atoms with Crippen molar-refractivity contribution in [2.45, 2.75) is 13.8 Å². The Balaban J connectivity index is 1.67. The Morgan fingerprint density at radius 1 is 1.14 bits per heavy atom. The van der Waals surface area contributed by atoms with Crippen LogP contribution in [0.2, 0.25) is 5.02 Å². The highest BCUT2D eigenvalue weighted by Gasteiger charge is 2.19. The first-order valence-electron chi connectivity index (χ1n) is 8.81. The second kappa shape index (κ2) is 6.84. The van der Waals surface area contributed by atoms with Gasteiger partial charge in [-0.15, -0.1) is 0 Å². The fraction of sp³-hybridized carbons (Fsp3) is 0.182. The minimum Gasteiger partial charge on any atom is -0.484 e. The summed E-state index contributed by atoms with van der Waals surface area (Å²) in [6, 6.07) is 12.4. The standard InChI is InChI=1S/C22H18ClNO4/c1-12-8-21(26)28-19-10-20(16(23)9-15(12)19)27-11-18(25)22-13(2)24(3)17-7-5-4-6-14(17)22/h4-10H,11H2,1-3H3. The Kier molecular flexibility index (Phi) is 4.47. The topological polar surface area (TPSA) is 61.4 Å². The number of hydrogen-bond donors (Lipinski definition) is 0. The van der Waals surface area contributed by atoms with Gasteiger partial charge < -0.3 is 13.7 Å². The van der Waals surface area contributed by atoms with E-state index in [-0.39, 0.29) is 12.4 Å². The van der Waals surface area contributed by atoms with Gasteiger partial charge in [0.05, 0.1) is 5.02 Å². The Labute approximate surface area is 166 Å². The number of fused-ring (bicyclic) bond motifs is 2. The van der Waals surface area contributed by atoms with Crippen LogP contribution in [0.15, 0.2) is 51.7 Å². The largest absolute Gasteiger partial charge is 0.484 e. The summed E-state index contributed by atoms with van der Waals surface area (Å²) in [5.41, 5.74) is 3.20. The van der Waals surface area contributed by atoms with Crippen LogP contribution in [0.25, 0.3) is 21.9 Å². The fourth-order valence-electron chi connectivity index (χ4n) is 3.52. The molecule has 0 aliphatic carbocycles. The highest BCUT2D eigenvalue weighted by atomic mass is 35.5. The number of ether oxygens (including phenoxy) is 1. The first-order chi connectivity index (χ1) is 13.4. The second-order valence-electron chi connectivity index (χ2n) is 6.78. The summed E-state index contributed by atoms with van der Waals surface area (Å²) in [5.74, 6) is 0.158. The lowest BCUT2D eigenvalue weighted by molar-refractivity contribution is 0.0922. The molecule has 0 N–H and O–H groups in total. The summed E-state index contributed by atoms with van der Waals surface area (Å²) in [4.78, 5) is 24.5. The number of aryl methyl sites for hydroxylation is 2. The molecule has 0 atom stereocenters. The number of ketones is 1. The smallest absolute Gasteiger partial charge is 0.336 e. The van der Waals surface area contributed by atoms with Crippen LogP contribution in [-0.2, 0) is 7.05 Å². The van der Waals surface area contributed by atoms with Crippen LogP contribution in [0.1, 0.15) is 21.6 Å². The van der Waals surface area contributed by atoms with Crippen LogP contribution in [0.4, 0.5) is 0 Å². The monoisotopic (exact) mass is 395 g/mol. The SMILES string of the molecule is Cc1cc(=O)oc2cc(OCC(=O)c3c(C)n(C)c4ccccc34)c(Cl)cc12. The minimum absolute atomic E-state index is 0.142. The molecule has 2 aromatic carbocycles. The number of para-hydroxylation sites is 1. The van der Waals surface area contributed by atoms with E-state index in [1.807, 2.05) is 49.7 Å². The maximum Gasteiger partial charge on any atom is 0.336 e. The van der Waals surface area contributed by atoms with Crippen molar-refractivity contribution in [3.8, 4) is 5.75 Å². The second-order valence-corrected chi connectivity index (χ2v) is 7.18. The molecule has 0 radical (unpaired) electrons. The van der Waals surface area contributed by atoms with E-state index in [0.717, 1.165) is 27.5 Å². The lowest BCUT2D eigenvalue weighted by Gasteiger charge is -2.10. The number of carbonyl (C=O) groups is 1. The van der Waals surface area contributed by atoms with Gasteiger partial charge in [0.1, 0.15) is 11.3 Å². The summed E-state index contributed by atoms with van der Waals surface area (Å²) in [6.45, 7) is 3.55. The third kappa shape index (κ3) is 2.98. The van der Waals surface area contributed by atoms with Gasteiger partial charge in [-0.3, -0.25) is 4.79 Å². The number of halogens is 1. The van der Waals surface area contributed by atoms with E-state index in [0.29, 0.717) is 21.9 Å². The van der Waals surface area contributed by atoms with E-state index in [4.69, 9.17) is 20.8 Å². The number of nitrogens with zero attached hydrogens (tertiary/aromatic N) is 1. The van der Waals surface area contributed by atoms with Crippen molar-refractivity contribution >= 4 is 39.3 Å². The molecule has 5 nitrogen and oxygen atoms in total. The minimum atomic E-state index is -0.444. The van der Waals surface area contributed by atoms with Crippen molar-refractivity contribution < 1.29 is 13.9 Å². The molecule has 0 aliphatic heterocycles. The zero-order chi connectivity index (χ0) is 20.0. The summed E-state index contributed by atoms with van der Waals surface area (Å²) < 4.78 is 12.9. The molecule has 0 saturated heterocycles. The average Bonchev–Trinajstić information content (AvgIpc) is 2.91. The molecule has 0 spiro atoms. The molecule has 142 valence electrons. The zero-order valence-corrected chi connectivity index (χ0v) is 16.5. The van der Waals surface area contributed by atoms with E-state index >= 15 is 0 Å². The molecule has 4 rings (SSSR count). The molecule has 0 saturated carbocycles. The quantitative estimate of drug-likeness (QED) is 0.367. The zero-order valence-electron chi connectivity index (χ0n) is 15.7. The van der Waals surface area contributed by atoms with Gasteiger partial charge in [0.15, 0.2) is 6.61 Å². The van der Waals surface area contributed by atoms with E-state index in [2.05, 4.69) is 0 Å². The van der Waals surface area contributed by atoms with E-state index in [9.17, 15) is 9.59 Å². The summed E-state index contributed by atoms with van der Waals surface area (Å²) in [7, 11) is 1.93. The van der Waals surface area contributed by atoms with E-state index in [1.165, 1.54) is 6.07 Å². The van der Waals surface area contributed by atoms with Gasteiger partial charge in [-0.25, -0.2) is 4.79 Å². The third-order valence-corrected chi connectivity index (χ3v) is 5.34. The Morgan fingerprint density at radius 2 is 1.89 bits per heavy atom. The molecule has 28 heavy (non-hydrogen) atoms. The van der Waals surface area contributed by atoms with Gasteiger partial charge in [-0.1, -0.05) is 29.8 Å². The molecule has 0 aliphatic rings. The van der Waals surface area contributed by atoms with E-state index in [1.54, 1.807) is 12.1 Å². The molecule has 2 heterocycles. The van der Waals surface area contributed by atoms with Crippen LogP contribution < -0.4 is 10.4 Å². The molecule has 0 amide bonds. The van der Waals surface area contributed by atoms with Crippen molar-refractivity contribution in [2.75, 3.05) is 6.61 Å². The highest BCUT2D eigenvalue weighted by Crippen LogP contribution is 2.31. The maximum absolute atomic E-state index is 12.9. The molecule has 0 bridgehead atoms. The van der Waals surface area contributed by atoms with Gasteiger partial charge >= 0.3 is 5.63 Å². The van der Waals surface area contributed by atoms with Crippen molar-refractivity contribution in [1.29, 1.82) is 0 Å². The highest BCUT2D eigenvalue weighted by molar-refractivity contribution is 6.32. The average molecular weight is 396 g/mol. The normalized spacial score (nSPS) is 11.3. The lowest BCUT2D eigenvalue weighted by Crippen LogP contribution is -2.13. The fourth-order valence-corrected chi connectivity index (χ4v) is 3.74. The van der Waals surface area contributed by atoms with Crippen LogP contribution in [0.5, 0.6) is 5.75 Å². The van der Waals surface area contributed by atoms with Crippen molar-refractivity contribution in [1.82, 2.24) is 4.57 Å². The van der Waals surface area contributed by atoms with Crippen molar-refractivity contribution in [2.24, 2.45) is 7.05 Å². The molecule has 4 aromatic rings. The molecule has 0 fully saturated rings. The number of Topliss-reactive ketones (excluding diaryl/α,β-unsaturated/α-hetero) is 1. The van der Waals surface area contributed by atoms with Gasteiger partial charge in [0.2, 0.25) is 5.78 Å². The van der Waals surface area contributed by atoms with Crippen LogP contribution in [0.3, 0.4) is 0 Å². The number of rotatable bonds is 4. The lowest BCUT2D eigenvalue weighted by atomic mass is 10.1. The molecular formula is C22H18ClNO4. The number of hydrogen-bond acceptors (Lipinski definition) is 4. The van der Waals surface area contributed by atoms with Gasteiger partial charge in [-0.05, 0) is 31.5 Å². The summed E-state index contributed by atoms with van der Waals surface area (Å²) in [5, 5.41) is 1.97. The maximum atomic E-state index is 12.9. The van der Waals surface area contributed by atoms with Gasteiger partial charge in [0.25, 0.3) is 0 Å². The molecule has 6 heteroatoms. The van der Waals surface area contributed by atoms with Gasteiger partial charge in [-0.2, -0.15) is 0 Å². The van der Waals surface area contributed by atoms with Crippen molar-refractivity contribution in [3.05, 3.63) is 74.7 Å². The third-order valence-electron chi connectivity index (χ3n) is 5.04. The first-order valence-corrected chi connectivity index (χ1v) is 9.18. The summed E-state index contributed by atoms with van der Waals surface area (Å²) in [6.07, 6.45) is 0. The molecule has 0 unspecified atom stereocenters. The number of benzene rings is 2. The predicted octanol–water partition coefficient (Wildman–Crippen LogP) is 4.82. The number of carbonyl (C=O) groups excluding carboxylic acids is 1. The summed E-state index contributed by atoms with van der Waals surface area (Å²) >= 11 is 6.31. The van der Waals surface area contributed by atoms with Crippen LogP contribution in [0, 0.1) is 13.8 Å². The number of aromatic nitrogens is 1. The first kappa shape index (κ1) is 18.3. The molecular weight excluding hydrogens is 378 g/mol. The Morgan fingerprint density at radius 3 is 2.68 bits per heavy atom. The van der Waals surface area contributed by atoms with Crippen LogP contribution >= 0.6 is 11.6 Å². The van der Waals surface area contributed by atoms with Gasteiger partial charge in [0, 0.05) is 46.7 Å². The van der Waals surface area contributed by atoms with Crippen LogP contribution in [-0.4, -0.2) is 17.0 Å². The van der Waals surface area contributed by atoms with Crippen molar-refractivity contribution in [3.63, 3.8) is 0 Å². The predicted molar refractivity (Wildman–Crippen MR) is 110 cm³/mol. The molecule has 2 aromatic heterocycles. The Hall–Kier alpha value is -3.05.